The summed E-state index contributed by atoms with van der Waals surface area (Å²) >= 11 is 9.84. The maximum absolute atomic E-state index is 12.1. The van der Waals surface area contributed by atoms with Gasteiger partial charge in [-0.2, -0.15) is 0 Å². The van der Waals surface area contributed by atoms with Gasteiger partial charge < -0.3 is 9.47 Å². The van der Waals surface area contributed by atoms with Gasteiger partial charge in [-0.3, -0.25) is 9.69 Å². The lowest BCUT2D eigenvalue weighted by Crippen LogP contribution is -2.22. The molecule has 0 atom stereocenters. The minimum atomic E-state index is -0.0748. The number of hydrogen-bond donors (Lipinski definition) is 0. The molecule has 0 spiro atoms. The van der Waals surface area contributed by atoms with Crippen LogP contribution in [-0.2, 0) is 4.79 Å². The minimum absolute atomic E-state index is 0.0748. The van der Waals surface area contributed by atoms with Crippen LogP contribution in [0.4, 0.5) is 0 Å². The first kappa shape index (κ1) is 18.9. The lowest BCUT2D eigenvalue weighted by atomic mass is 10.2. The first-order chi connectivity index (χ1) is 12.5. The number of thioether (sulfide) groups is 1. The average Bonchev–Trinajstić information content (AvgIpc) is 2.87. The maximum atomic E-state index is 12.1. The van der Waals surface area contributed by atoms with Crippen molar-refractivity contribution in [3.8, 4) is 11.5 Å². The molecule has 1 saturated heterocycles. The molecule has 0 N–H and O–H groups in total. The van der Waals surface area contributed by atoms with Crippen LogP contribution in [0.2, 0.25) is 0 Å². The second-order valence-electron chi connectivity index (χ2n) is 5.46. The Morgan fingerprint density at radius 2 is 1.81 bits per heavy atom. The van der Waals surface area contributed by atoms with Gasteiger partial charge in [0.05, 0.1) is 4.91 Å². The van der Waals surface area contributed by atoms with E-state index in [2.05, 4.69) is 15.9 Å². The largest absolute Gasteiger partial charge is 0.490 e. The summed E-state index contributed by atoms with van der Waals surface area (Å²) < 4.78 is 12.9. The summed E-state index contributed by atoms with van der Waals surface area (Å²) in [6.45, 7) is 0.872. The normalized spacial score (nSPS) is 15.6. The Morgan fingerprint density at radius 3 is 2.46 bits per heavy atom. The number of thiocarbonyl (C=S) groups is 1. The predicted octanol–water partition coefficient (Wildman–Crippen LogP) is 4.74. The highest BCUT2D eigenvalue weighted by atomic mass is 79.9. The molecule has 0 aromatic heterocycles. The van der Waals surface area contributed by atoms with Gasteiger partial charge in [0, 0.05) is 11.5 Å². The summed E-state index contributed by atoms with van der Waals surface area (Å²) in [5.74, 6) is 1.45. The standard InChI is InChI=1S/C19H16BrNO3S2/c1-21-18(22)17(26-19(21)25)12-13-3-2-4-16(11-13)24-10-9-23-15-7-5-14(20)6-8-15/h2-8,11-12H,9-10H2,1H3/b17-12-. The van der Waals surface area contributed by atoms with Crippen LogP contribution in [-0.4, -0.2) is 35.4 Å². The molecule has 1 aliphatic heterocycles. The number of hydrogen-bond acceptors (Lipinski definition) is 5. The van der Waals surface area contributed by atoms with Crippen LogP contribution in [0.5, 0.6) is 11.5 Å². The molecule has 1 fully saturated rings. The number of amides is 1. The molecule has 4 nitrogen and oxygen atoms in total. The number of halogens is 1. The molecule has 134 valence electrons. The van der Waals surface area contributed by atoms with Crippen molar-refractivity contribution in [3.05, 3.63) is 63.5 Å². The van der Waals surface area contributed by atoms with E-state index >= 15 is 0 Å². The highest BCUT2D eigenvalue weighted by molar-refractivity contribution is 9.10. The van der Waals surface area contributed by atoms with Gasteiger partial charge in [-0.25, -0.2) is 0 Å². The number of nitrogens with zero attached hydrogens (tertiary/aromatic N) is 1. The van der Waals surface area contributed by atoms with Crippen molar-refractivity contribution in [2.75, 3.05) is 20.3 Å². The average molecular weight is 450 g/mol. The van der Waals surface area contributed by atoms with E-state index in [-0.39, 0.29) is 5.91 Å². The summed E-state index contributed by atoms with van der Waals surface area (Å²) in [6, 6.07) is 15.2. The summed E-state index contributed by atoms with van der Waals surface area (Å²) in [5.41, 5.74) is 0.894. The Labute approximate surface area is 170 Å². The Morgan fingerprint density at radius 1 is 1.12 bits per heavy atom. The molecule has 2 aromatic carbocycles. The fourth-order valence-corrected chi connectivity index (χ4v) is 3.68. The fourth-order valence-electron chi connectivity index (χ4n) is 2.24. The van der Waals surface area contributed by atoms with E-state index in [1.165, 1.54) is 16.7 Å². The second kappa shape index (κ2) is 8.70. The molecule has 3 rings (SSSR count). The van der Waals surface area contributed by atoms with E-state index in [1.807, 2.05) is 54.6 Å². The SMILES string of the molecule is CN1C(=O)/C(=C/c2cccc(OCCOc3ccc(Br)cc3)c2)SC1=S. The maximum Gasteiger partial charge on any atom is 0.265 e. The molecule has 0 unspecified atom stereocenters. The quantitative estimate of drug-likeness (QED) is 0.361. The van der Waals surface area contributed by atoms with Crippen LogP contribution in [0.3, 0.4) is 0 Å². The zero-order valence-corrected chi connectivity index (χ0v) is 17.2. The van der Waals surface area contributed by atoms with E-state index in [0.29, 0.717) is 22.4 Å². The smallest absolute Gasteiger partial charge is 0.265 e. The van der Waals surface area contributed by atoms with Crippen molar-refractivity contribution < 1.29 is 14.3 Å². The summed E-state index contributed by atoms with van der Waals surface area (Å²) in [4.78, 5) is 14.2. The third kappa shape index (κ3) is 4.87. The van der Waals surface area contributed by atoms with Crippen LogP contribution in [0.15, 0.2) is 57.9 Å². The van der Waals surface area contributed by atoms with E-state index in [0.717, 1.165) is 21.5 Å². The molecule has 1 heterocycles. The molecule has 1 aliphatic rings. The van der Waals surface area contributed by atoms with E-state index in [1.54, 1.807) is 7.05 Å². The van der Waals surface area contributed by atoms with Gasteiger partial charge in [-0.1, -0.05) is 52.0 Å². The molecule has 0 radical (unpaired) electrons. The van der Waals surface area contributed by atoms with Gasteiger partial charge in [0.25, 0.3) is 5.91 Å². The number of carbonyl (C=O) groups excluding carboxylic acids is 1. The van der Waals surface area contributed by atoms with Crippen LogP contribution in [0.25, 0.3) is 6.08 Å². The number of rotatable bonds is 6. The Balaban J connectivity index is 1.55. The number of benzene rings is 2. The third-order valence-corrected chi connectivity index (χ3v) is 5.59. The summed E-state index contributed by atoms with van der Waals surface area (Å²) in [5, 5.41) is 0. The Bertz CT molecular complexity index is 852. The van der Waals surface area contributed by atoms with Crippen LogP contribution in [0, 0.1) is 0 Å². The molecule has 0 aliphatic carbocycles. The molecule has 7 heteroatoms. The fraction of sp³-hybridized carbons (Fsp3) is 0.158. The zero-order valence-electron chi connectivity index (χ0n) is 14.0. The van der Waals surface area contributed by atoms with Gasteiger partial charge in [0.2, 0.25) is 0 Å². The molecule has 1 amide bonds. The topological polar surface area (TPSA) is 38.8 Å². The monoisotopic (exact) mass is 449 g/mol. The van der Waals surface area contributed by atoms with E-state index < -0.39 is 0 Å². The Hall–Kier alpha value is -1.83. The van der Waals surface area contributed by atoms with Gasteiger partial charge in [0.15, 0.2) is 0 Å². The molecule has 2 aromatic rings. The van der Waals surface area contributed by atoms with Gasteiger partial charge in [0.1, 0.15) is 29.0 Å². The van der Waals surface area contributed by atoms with Gasteiger partial charge >= 0.3 is 0 Å². The van der Waals surface area contributed by atoms with Crippen molar-refractivity contribution in [1.29, 1.82) is 0 Å². The van der Waals surface area contributed by atoms with Crippen molar-refractivity contribution in [2.45, 2.75) is 0 Å². The van der Waals surface area contributed by atoms with Gasteiger partial charge in [-0.05, 0) is 48.0 Å². The molecule has 0 saturated carbocycles. The highest BCUT2D eigenvalue weighted by Gasteiger charge is 2.28. The number of likely N-dealkylation sites (N-methyl/N-ethyl adjacent to an activating group) is 1. The van der Waals surface area contributed by atoms with E-state index in [9.17, 15) is 4.79 Å². The van der Waals surface area contributed by atoms with Crippen molar-refractivity contribution in [1.82, 2.24) is 4.90 Å². The zero-order chi connectivity index (χ0) is 18.5. The Kier molecular flexibility index (Phi) is 6.34. The minimum Gasteiger partial charge on any atom is -0.490 e. The highest BCUT2D eigenvalue weighted by Crippen LogP contribution is 2.31. The van der Waals surface area contributed by atoms with E-state index in [4.69, 9.17) is 21.7 Å². The molecule has 0 bridgehead atoms. The van der Waals surface area contributed by atoms with Crippen molar-refractivity contribution in [3.63, 3.8) is 0 Å². The van der Waals surface area contributed by atoms with Crippen LogP contribution >= 0.6 is 39.9 Å². The molecule has 26 heavy (non-hydrogen) atoms. The first-order valence-corrected chi connectivity index (χ1v) is 9.87. The predicted molar refractivity (Wildman–Crippen MR) is 113 cm³/mol. The van der Waals surface area contributed by atoms with Crippen LogP contribution in [0.1, 0.15) is 5.56 Å². The lowest BCUT2D eigenvalue weighted by molar-refractivity contribution is -0.121. The summed E-state index contributed by atoms with van der Waals surface area (Å²) in [6.07, 6.45) is 1.83. The van der Waals surface area contributed by atoms with Crippen molar-refractivity contribution in [2.24, 2.45) is 0 Å². The third-order valence-electron chi connectivity index (χ3n) is 3.58. The second-order valence-corrected chi connectivity index (χ2v) is 8.06. The number of carbonyl (C=O) groups is 1. The summed E-state index contributed by atoms with van der Waals surface area (Å²) in [7, 11) is 1.68. The van der Waals surface area contributed by atoms with Crippen molar-refractivity contribution >= 4 is 56.2 Å². The molecular weight excluding hydrogens is 434 g/mol. The van der Waals surface area contributed by atoms with Crippen LogP contribution < -0.4 is 9.47 Å². The van der Waals surface area contributed by atoms with Gasteiger partial charge in [-0.15, -0.1) is 0 Å². The molecular formula is C19H16BrNO3S2. The number of ether oxygens (including phenoxy) is 2. The first-order valence-electron chi connectivity index (χ1n) is 7.86. The lowest BCUT2D eigenvalue weighted by Gasteiger charge is -2.09.